The number of aliphatic hydroxyl groups excluding tert-OH is 1. The predicted octanol–water partition coefficient (Wildman–Crippen LogP) is 4.20. The summed E-state index contributed by atoms with van der Waals surface area (Å²) in [5.41, 5.74) is 0.747. The number of carbonyl (C=O) groups is 2. The second-order valence-corrected chi connectivity index (χ2v) is 7.20. The van der Waals surface area contributed by atoms with Crippen molar-refractivity contribution in [3.05, 3.63) is 35.1 Å². The SMILES string of the molecule is CCCCC(CC)CN1C(=O)C(O)=C(C(C)=O)C1c1cc(OC)ccc1OC. The van der Waals surface area contributed by atoms with Crippen molar-refractivity contribution in [3.8, 4) is 11.5 Å². The molecule has 0 aromatic heterocycles. The Kier molecular flexibility index (Phi) is 7.49. The van der Waals surface area contributed by atoms with Gasteiger partial charge in [-0.15, -0.1) is 0 Å². The van der Waals surface area contributed by atoms with Gasteiger partial charge < -0.3 is 19.5 Å². The lowest BCUT2D eigenvalue weighted by Gasteiger charge is -2.31. The first-order chi connectivity index (χ1) is 13.4. The average Bonchev–Trinajstić information content (AvgIpc) is 2.95. The summed E-state index contributed by atoms with van der Waals surface area (Å²) in [6.45, 7) is 6.08. The van der Waals surface area contributed by atoms with Crippen molar-refractivity contribution in [3.63, 3.8) is 0 Å². The normalized spacial score (nSPS) is 17.8. The molecule has 2 atom stereocenters. The summed E-state index contributed by atoms with van der Waals surface area (Å²) in [5.74, 6) is 0.129. The number of hydrogen-bond donors (Lipinski definition) is 1. The van der Waals surface area contributed by atoms with Crippen LogP contribution in [0.5, 0.6) is 11.5 Å². The molecular weight excluding hydrogens is 358 g/mol. The average molecular weight is 389 g/mol. The van der Waals surface area contributed by atoms with Crippen LogP contribution >= 0.6 is 0 Å². The van der Waals surface area contributed by atoms with Crippen LogP contribution in [0, 0.1) is 5.92 Å². The van der Waals surface area contributed by atoms with Crippen LogP contribution in [-0.2, 0) is 9.59 Å². The number of amides is 1. The fraction of sp³-hybridized carbons (Fsp3) is 0.545. The number of methoxy groups -OCH3 is 2. The molecule has 2 rings (SSSR count). The van der Waals surface area contributed by atoms with Crippen molar-refractivity contribution < 1.29 is 24.2 Å². The lowest BCUT2D eigenvalue weighted by atomic mass is 9.93. The van der Waals surface area contributed by atoms with Crippen LogP contribution in [0.4, 0.5) is 0 Å². The van der Waals surface area contributed by atoms with E-state index < -0.39 is 17.7 Å². The third-order valence-electron chi connectivity index (χ3n) is 5.41. The lowest BCUT2D eigenvalue weighted by molar-refractivity contribution is -0.130. The van der Waals surface area contributed by atoms with Crippen LogP contribution in [0.15, 0.2) is 29.5 Å². The second-order valence-electron chi connectivity index (χ2n) is 7.20. The van der Waals surface area contributed by atoms with Gasteiger partial charge in [-0.2, -0.15) is 0 Å². The zero-order valence-electron chi connectivity index (χ0n) is 17.4. The minimum Gasteiger partial charge on any atom is -0.503 e. The summed E-state index contributed by atoms with van der Waals surface area (Å²) in [5, 5.41) is 10.5. The largest absolute Gasteiger partial charge is 0.503 e. The number of hydrogen-bond acceptors (Lipinski definition) is 5. The third-order valence-corrected chi connectivity index (χ3v) is 5.41. The maximum Gasteiger partial charge on any atom is 0.290 e. The molecule has 0 radical (unpaired) electrons. The molecule has 1 aromatic rings. The summed E-state index contributed by atoms with van der Waals surface area (Å²) in [6, 6.07) is 4.58. The van der Waals surface area contributed by atoms with E-state index in [-0.39, 0.29) is 11.4 Å². The Balaban J connectivity index is 2.53. The van der Waals surface area contributed by atoms with Gasteiger partial charge in [-0.3, -0.25) is 9.59 Å². The van der Waals surface area contributed by atoms with Gasteiger partial charge in [0.1, 0.15) is 11.5 Å². The third kappa shape index (κ3) is 4.32. The Bertz CT molecular complexity index is 755. The minimum absolute atomic E-state index is 0.113. The molecule has 0 aliphatic carbocycles. The van der Waals surface area contributed by atoms with Gasteiger partial charge in [0.2, 0.25) is 0 Å². The van der Waals surface area contributed by atoms with Crippen LogP contribution in [0.2, 0.25) is 0 Å². The number of rotatable bonds is 10. The van der Waals surface area contributed by atoms with E-state index in [0.717, 1.165) is 25.7 Å². The van der Waals surface area contributed by atoms with Gasteiger partial charge in [0.15, 0.2) is 11.5 Å². The monoisotopic (exact) mass is 389 g/mol. The fourth-order valence-electron chi connectivity index (χ4n) is 3.77. The van der Waals surface area contributed by atoms with Crippen molar-refractivity contribution in [1.82, 2.24) is 4.90 Å². The summed E-state index contributed by atoms with van der Waals surface area (Å²) in [6.07, 6.45) is 4.07. The Morgan fingerprint density at radius 2 is 1.96 bits per heavy atom. The maximum absolute atomic E-state index is 12.9. The van der Waals surface area contributed by atoms with Gasteiger partial charge in [0.25, 0.3) is 5.91 Å². The number of carbonyl (C=O) groups excluding carboxylic acids is 2. The van der Waals surface area contributed by atoms with Gasteiger partial charge in [0.05, 0.1) is 25.8 Å². The highest BCUT2D eigenvalue weighted by molar-refractivity contribution is 6.08. The Morgan fingerprint density at radius 3 is 2.50 bits per heavy atom. The molecule has 28 heavy (non-hydrogen) atoms. The van der Waals surface area contributed by atoms with Crippen molar-refractivity contribution in [2.24, 2.45) is 5.92 Å². The highest BCUT2D eigenvalue weighted by atomic mass is 16.5. The van der Waals surface area contributed by atoms with Crippen LogP contribution in [0.3, 0.4) is 0 Å². The number of aliphatic hydroxyl groups is 1. The van der Waals surface area contributed by atoms with E-state index >= 15 is 0 Å². The van der Waals surface area contributed by atoms with Crippen LogP contribution < -0.4 is 9.47 Å². The van der Waals surface area contributed by atoms with Crippen molar-refractivity contribution >= 4 is 11.7 Å². The number of nitrogens with zero attached hydrogens (tertiary/aromatic N) is 1. The standard InChI is InChI=1S/C22H31NO5/c1-6-8-9-15(7-2)13-23-20(19(14(3)24)21(25)22(23)26)17-12-16(27-4)10-11-18(17)28-5/h10-12,15,20,25H,6-9,13H2,1-5H3. The van der Waals surface area contributed by atoms with Crippen LogP contribution in [0.25, 0.3) is 0 Å². The van der Waals surface area contributed by atoms with Gasteiger partial charge in [-0.05, 0) is 37.5 Å². The molecule has 154 valence electrons. The number of unbranched alkanes of at least 4 members (excludes halogenated alkanes) is 1. The fourth-order valence-corrected chi connectivity index (χ4v) is 3.77. The van der Waals surface area contributed by atoms with Crippen molar-refractivity contribution in [1.29, 1.82) is 0 Å². The molecule has 1 N–H and O–H groups in total. The summed E-state index contributed by atoms with van der Waals surface area (Å²) < 4.78 is 10.8. The number of ether oxygens (including phenoxy) is 2. The number of benzene rings is 1. The Labute approximate surface area is 167 Å². The highest BCUT2D eigenvalue weighted by Crippen LogP contribution is 2.43. The topological polar surface area (TPSA) is 76.1 Å². The van der Waals surface area contributed by atoms with Gasteiger partial charge >= 0.3 is 0 Å². The van der Waals surface area contributed by atoms with Gasteiger partial charge in [-0.25, -0.2) is 0 Å². The molecule has 2 unspecified atom stereocenters. The zero-order valence-corrected chi connectivity index (χ0v) is 17.4. The molecule has 1 amide bonds. The first kappa shape index (κ1) is 21.8. The molecule has 1 aliphatic rings. The van der Waals surface area contributed by atoms with E-state index in [1.54, 1.807) is 37.3 Å². The summed E-state index contributed by atoms with van der Waals surface area (Å²) in [4.78, 5) is 26.8. The number of ketones is 1. The molecule has 0 spiro atoms. The first-order valence-electron chi connectivity index (χ1n) is 9.86. The van der Waals surface area contributed by atoms with Crippen LogP contribution in [-0.4, -0.2) is 42.5 Å². The van der Waals surface area contributed by atoms with E-state index in [4.69, 9.17) is 9.47 Å². The molecular formula is C22H31NO5. The number of Topliss-reactive ketones (excluding diaryl/α,β-unsaturated/α-hetero) is 1. The smallest absolute Gasteiger partial charge is 0.290 e. The molecule has 6 heteroatoms. The Morgan fingerprint density at radius 1 is 1.25 bits per heavy atom. The molecule has 0 bridgehead atoms. The quantitative estimate of drug-likeness (QED) is 0.649. The van der Waals surface area contributed by atoms with E-state index in [2.05, 4.69) is 13.8 Å². The predicted molar refractivity (Wildman–Crippen MR) is 108 cm³/mol. The second kappa shape index (κ2) is 9.62. The van der Waals surface area contributed by atoms with Gasteiger partial charge in [0, 0.05) is 12.1 Å². The summed E-state index contributed by atoms with van der Waals surface area (Å²) >= 11 is 0. The first-order valence-corrected chi connectivity index (χ1v) is 9.86. The Hall–Kier alpha value is -2.50. The molecule has 6 nitrogen and oxygen atoms in total. The van der Waals surface area contributed by atoms with Crippen molar-refractivity contribution in [2.45, 2.75) is 52.5 Å². The summed E-state index contributed by atoms with van der Waals surface area (Å²) in [7, 11) is 3.10. The minimum atomic E-state index is -0.689. The zero-order chi connectivity index (χ0) is 20.8. The molecule has 0 saturated heterocycles. The van der Waals surface area contributed by atoms with E-state index in [9.17, 15) is 14.7 Å². The molecule has 1 heterocycles. The molecule has 1 aliphatic heterocycles. The molecule has 0 saturated carbocycles. The van der Waals surface area contributed by atoms with E-state index in [1.807, 2.05) is 0 Å². The lowest BCUT2D eigenvalue weighted by Crippen LogP contribution is -2.35. The maximum atomic E-state index is 12.9. The van der Waals surface area contributed by atoms with Gasteiger partial charge in [-0.1, -0.05) is 33.1 Å². The van der Waals surface area contributed by atoms with E-state index in [0.29, 0.717) is 29.5 Å². The highest BCUT2D eigenvalue weighted by Gasteiger charge is 2.44. The molecule has 1 aromatic carbocycles. The molecule has 0 fully saturated rings. The van der Waals surface area contributed by atoms with Crippen LogP contribution in [0.1, 0.15) is 58.1 Å². The van der Waals surface area contributed by atoms with E-state index in [1.165, 1.54) is 6.92 Å². The van der Waals surface area contributed by atoms with Crippen molar-refractivity contribution in [2.75, 3.05) is 20.8 Å².